The van der Waals surface area contributed by atoms with Gasteiger partial charge in [0, 0.05) is 22.2 Å². The molecule has 0 aliphatic rings. The standard InChI is InChI=1S/C24H16BrN3O3S/c25-16-8-11-19-21(13-16)32-24(26-19)27-23(15-5-9-17(10-6-15)28(30)31)22-18-4-2-1-3-14(18)7-12-20(22)29/h1-13,23,29H,(H,26,27). The molecule has 1 atom stereocenters. The van der Waals surface area contributed by atoms with E-state index in [1.165, 1.54) is 23.5 Å². The molecule has 4 aromatic carbocycles. The first-order chi connectivity index (χ1) is 15.5. The van der Waals surface area contributed by atoms with Crippen LogP contribution in [0.15, 0.2) is 83.3 Å². The maximum absolute atomic E-state index is 11.1. The summed E-state index contributed by atoms with van der Waals surface area (Å²) in [5.41, 5.74) is 2.35. The van der Waals surface area contributed by atoms with Gasteiger partial charge in [-0.3, -0.25) is 10.1 Å². The van der Waals surface area contributed by atoms with Crippen molar-refractivity contribution in [1.82, 2.24) is 4.98 Å². The number of benzene rings is 4. The highest BCUT2D eigenvalue weighted by Gasteiger charge is 2.23. The molecule has 0 radical (unpaired) electrons. The van der Waals surface area contributed by atoms with Gasteiger partial charge in [0.2, 0.25) is 0 Å². The minimum atomic E-state index is -0.467. The molecule has 0 saturated carbocycles. The van der Waals surface area contributed by atoms with E-state index in [1.807, 2.05) is 48.5 Å². The van der Waals surface area contributed by atoms with Crippen LogP contribution in [-0.2, 0) is 0 Å². The average Bonchev–Trinajstić information content (AvgIpc) is 3.19. The topological polar surface area (TPSA) is 88.3 Å². The first kappa shape index (κ1) is 20.4. The van der Waals surface area contributed by atoms with Crippen molar-refractivity contribution >= 4 is 59.1 Å². The third-order valence-corrected chi connectivity index (χ3v) is 6.73. The number of aromatic nitrogens is 1. The lowest BCUT2D eigenvalue weighted by atomic mass is 9.92. The largest absolute Gasteiger partial charge is 0.508 e. The van der Waals surface area contributed by atoms with Gasteiger partial charge in [0.05, 0.1) is 21.2 Å². The number of fused-ring (bicyclic) bond motifs is 2. The molecular weight excluding hydrogens is 490 g/mol. The second kappa shape index (κ2) is 8.22. The van der Waals surface area contributed by atoms with E-state index in [1.54, 1.807) is 18.2 Å². The maximum atomic E-state index is 11.1. The molecule has 0 bridgehead atoms. The Kier molecular flexibility index (Phi) is 5.24. The molecule has 5 rings (SSSR count). The van der Waals surface area contributed by atoms with Gasteiger partial charge in [0.25, 0.3) is 5.69 Å². The van der Waals surface area contributed by atoms with Crippen molar-refractivity contribution in [2.75, 3.05) is 5.32 Å². The first-order valence-electron chi connectivity index (χ1n) is 9.77. The predicted molar refractivity (Wildman–Crippen MR) is 131 cm³/mol. The molecule has 2 N–H and O–H groups in total. The Morgan fingerprint density at radius 1 is 1.03 bits per heavy atom. The zero-order valence-electron chi connectivity index (χ0n) is 16.5. The lowest BCUT2D eigenvalue weighted by molar-refractivity contribution is -0.384. The SMILES string of the molecule is O=[N+]([O-])c1ccc(C(Nc2nc3ccc(Br)cc3s2)c2c(O)ccc3ccccc23)cc1. The van der Waals surface area contributed by atoms with E-state index in [2.05, 4.69) is 21.2 Å². The van der Waals surface area contributed by atoms with Crippen molar-refractivity contribution in [2.24, 2.45) is 0 Å². The summed E-state index contributed by atoms with van der Waals surface area (Å²) in [7, 11) is 0. The van der Waals surface area contributed by atoms with Gasteiger partial charge in [0.15, 0.2) is 5.13 Å². The second-order valence-electron chi connectivity index (χ2n) is 7.28. The van der Waals surface area contributed by atoms with Crippen molar-refractivity contribution in [3.05, 3.63) is 105 Å². The fourth-order valence-corrected chi connectivity index (χ4v) is 5.23. The zero-order valence-corrected chi connectivity index (χ0v) is 18.9. The average molecular weight is 506 g/mol. The smallest absolute Gasteiger partial charge is 0.269 e. The molecule has 1 heterocycles. The maximum Gasteiger partial charge on any atom is 0.269 e. The van der Waals surface area contributed by atoms with E-state index in [-0.39, 0.29) is 11.4 Å². The van der Waals surface area contributed by atoms with E-state index in [9.17, 15) is 15.2 Å². The number of hydrogen-bond acceptors (Lipinski definition) is 6. The molecule has 0 spiro atoms. The van der Waals surface area contributed by atoms with Crippen molar-refractivity contribution in [2.45, 2.75) is 6.04 Å². The number of hydrogen-bond donors (Lipinski definition) is 2. The highest BCUT2D eigenvalue weighted by molar-refractivity contribution is 9.10. The summed E-state index contributed by atoms with van der Waals surface area (Å²) in [5.74, 6) is 0.142. The molecule has 8 heteroatoms. The summed E-state index contributed by atoms with van der Waals surface area (Å²) in [5, 5.41) is 28.0. The first-order valence-corrected chi connectivity index (χ1v) is 11.4. The number of anilines is 1. The molecule has 5 aromatic rings. The van der Waals surface area contributed by atoms with Crippen molar-refractivity contribution in [3.63, 3.8) is 0 Å². The van der Waals surface area contributed by atoms with Crippen LogP contribution in [0.5, 0.6) is 5.75 Å². The number of thiazole rings is 1. The van der Waals surface area contributed by atoms with Gasteiger partial charge in [-0.05, 0) is 52.7 Å². The summed E-state index contributed by atoms with van der Waals surface area (Å²) in [4.78, 5) is 15.4. The van der Waals surface area contributed by atoms with Crippen LogP contribution in [-0.4, -0.2) is 15.0 Å². The van der Waals surface area contributed by atoms with Gasteiger partial charge in [-0.1, -0.05) is 57.6 Å². The number of nitrogens with zero attached hydrogens (tertiary/aromatic N) is 2. The second-order valence-corrected chi connectivity index (χ2v) is 9.22. The number of halogens is 1. The number of aromatic hydroxyl groups is 1. The Hall–Kier alpha value is -3.49. The third kappa shape index (κ3) is 3.79. The molecule has 32 heavy (non-hydrogen) atoms. The monoisotopic (exact) mass is 505 g/mol. The van der Waals surface area contributed by atoms with Crippen LogP contribution in [0.2, 0.25) is 0 Å². The van der Waals surface area contributed by atoms with Crippen LogP contribution >= 0.6 is 27.3 Å². The number of phenols is 1. The van der Waals surface area contributed by atoms with Gasteiger partial charge in [-0.25, -0.2) is 4.98 Å². The summed E-state index contributed by atoms with van der Waals surface area (Å²) in [6, 6.07) is 23.2. The molecule has 6 nitrogen and oxygen atoms in total. The van der Waals surface area contributed by atoms with Crippen molar-refractivity contribution in [3.8, 4) is 5.75 Å². The number of nitro groups is 1. The molecule has 0 aliphatic carbocycles. The number of non-ortho nitro benzene ring substituents is 1. The van der Waals surface area contributed by atoms with E-state index in [0.29, 0.717) is 10.7 Å². The molecule has 1 unspecified atom stereocenters. The number of nitro benzene ring substituents is 1. The van der Waals surface area contributed by atoms with Crippen LogP contribution in [0.3, 0.4) is 0 Å². The van der Waals surface area contributed by atoms with Crippen LogP contribution in [0.4, 0.5) is 10.8 Å². The van der Waals surface area contributed by atoms with E-state index in [4.69, 9.17) is 4.98 Å². The van der Waals surface area contributed by atoms with Gasteiger partial charge in [-0.2, -0.15) is 0 Å². The lowest BCUT2D eigenvalue weighted by Gasteiger charge is -2.22. The Morgan fingerprint density at radius 2 is 1.81 bits per heavy atom. The summed E-state index contributed by atoms with van der Waals surface area (Å²) in [6.45, 7) is 0. The predicted octanol–water partition coefficient (Wildman–Crippen LogP) is 7.03. The minimum Gasteiger partial charge on any atom is -0.508 e. The van der Waals surface area contributed by atoms with Crippen LogP contribution < -0.4 is 5.32 Å². The summed E-state index contributed by atoms with van der Waals surface area (Å²) in [6.07, 6.45) is 0. The van der Waals surface area contributed by atoms with E-state index in [0.717, 1.165) is 31.0 Å². The number of rotatable bonds is 5. The molecule has 0 saturated heterocycles. The van der Waals surface area contributed by atoms with Crippen LogP contribution in [0, 0.1) is 10.1 Å². The molecule has 0 aliphatic heterocycles. The Labute approximate surface area is 195 Å². The molecule has 1 aromatic heterocycles. The molecule has 0 amide bonds. The quantitative estimate of drug-likeness (QED) is 0.197. The fourth-order valence-electron chi connectivity index (χ4n) is 3.78. The Morgan fingerprint density at radius 3 is 2.59 bits per heavy atom. The highest BCUT2D eigenvalue weighted by atomic mass is 79.9. The van der Waals surface area contributed by atoms with Crippen LogP contribution in [0.1, 0.15) is 17.2 Å². The van der Waals surface area contributed by atoms with Gasteiger partial charge in [0.1, 0.15) is 5.75 Å². The van der Waals surface area contributed by atoms with Crippen molar-refractivity contribution in [1.29, 1.82) is 0 Å². The molecule has 0 fully saturated rings. The third-order valence-electron chi connectivity index (χ3n) is 5.29. The summed E-state index contributed by atoms with van der Waals surface area (Å²) < 4.78 is 1.99. The van der Waals surface area contributed by atoms with Gasteiger partial charge >= 0.3 is 0 Å². The Bertz CT molecular complexity index is 1470. The Balaban J connectivity index is 1.67. The fraction of sp³-hybridized carbons (Fsp3) is 0.0417. The van der Waals surface area contributed by atoms with Gasteiger partial charge in [-0.15, -0.1) is 0 Å². The normalized spacial score (nSPS) is 12.2. The van der Waals surface area contributed by atoms with Crippen molar-refractivity contribution < 1.29 is 10.0 Å². The molecule has 158 valence electrons. The summed E-state index contributed by atoms with van der Waals surface area (Å²) >= 11 is 5.00. The van der Waals surface area contributed by atoms with E-state index < -0.39 is 11.0 Å². The number of phenolic OH excluding ortho intramolecular Hbond substituents is 1. The van der Waals surface area contributed by atoms with Crippen LogP contribution in [0.25, 0.3) is 21.0 Å². The van der Waals surface area contributed by atoms with Gasteiger partial charge < -0.3 is 10.4 Å². The highest BCUT2D eigenvalue weighted by Crippen LogP contribution is 2.39. The zero-order chi connectivity index (χ0) is 22.2. The number of nitrogens with one attached hydrogen (secondary N) is 1. The lowest BCUT2D eigenvalue weighted by Crippen LogP contribution is -2.13. The molecular formula is C24H16BrN3O3S. The van der Waals surface area contributed by atoms with E-state index >= 15 is 0 Å². The minimum absolute atomic E-state index is 0.0134.